The number of piperidine rings is 1. The molecule has 120 valence electrons. The van der Waals surface area contributed by atoms with Gasteiger partial charge in [0, 0.05) is 30.1 Å². The Bertz CT molecular complexity index is 491. The van der Waals surface area contributed by atoms with Crippen molar-refractivity contribution in [2.45, 2.75) is 44.3 Å². The number of halogens is 1. The van der Waals surface area contributed by atoms with Gasteiger partial charge < -0.3 is 10.6 Å². The number of hydrogen-bond acceptors (Lipinski definition) is 3. The van der Waals surface area contributed by atoms with E-state index in [9.17, 15) is 4.79 Å². The van der Waals surface area contributed by atoms with Gasteiger partial charge in [-0.2, -0.15) is 0 Å². The average Bonchev–Trinajstić information content (AvgIpc) is 3.06. The molecule has 0 radical (unpaired) electrons. The normalized spacial score (nSPS) is 23.6. The van der Waals surface area contributed by atoms with Crippen LogP contribution in [-0.2, 0) is 11.3 Å². The second kappa shape index (κ2) is 7.57. The van der Waals surface area contributed by atoms with Gasteiger partial charge in [0.25, 0.3) is 0 Å². The number of rotatable bonds is 4. The summed E-state index contributed by atoms with van der Waals surface area (Å²) in [4.78, 5) is 14.6. The molecule has 22 heavy (non-hydrogen) atoms. The van der Waals surface area contributed by atoms with Gasteiger partial charge in [-0.15, -0.1) is 0 Å². The third kappa shape index (κ3) is 4.31. The number of nitrogens with one attached hydrogen (secondary N) is 2. The van der Waals surface area contributed by atoms with E-state index in [4.69, 9.17) is 0 Å². The fourth-order valence-corrected chi connectivity index (χ4v) is 3.56. The van der Waals surface area contributed by atoms with Crippen molar-refractivity contribution in [2.24, 2.45) is 0 Å². The molecule has 2 aliphatic heterocycles. The van der Waals surface area contributed by atoms with Crippen LogP contribution >= 0.6 is 15.9 Å². The summed E-state index contributed by atoms with van der Waals surface area (Å²) in [7, 11) is 0. The molecule has 1 amide bonds. The van der Waals surface area contributed by atoms with Gasteiger partial charge in [0.1, 0.15) is 0 Å². The number of hydrogen-bond donors (Lipinski definition) is 2. The van der Waals surface area contributed by atoms with E-state index in [1.807, 2.05) is 0 Å². The van der Waals surface area contributed by atoms with Crippen LogP contribution in [-0.4, -0.2) is 42.5 Å². The summed E-state index contributed by atoms with van der Waals surface area (Å²) >= 11 is 3.47. The number of carbonyl (C=O) groups excluding carboxylic acids is 1. The molecule has 0 spiro atoms. The first-order valence-corrected chi connectivity index (χ1v) is 9.00. The van der Waals surface area contributed by atoms with Crippen LogP contribution < -0.4 is 10.6 Å². The molecular weight excluding hydrogens is 342 g/mol. The molecule has 3 rings (SSSR count). The van der Waals surface area contributed by atoms with E-state index in [0.717, 1.165) is 56.3 Å². The largest absolute Gasteiger partial charge is 0.352 e. The smallest absolute Gasteiger partial charge is 0.237 e. The molecule has 0 aliphatic carbocycles. The third-order valence-electron chi connectivity index (χ3n) is 4.63. The first-order chi connectivity index (χ1) is 10.7. The number of likely N-dealkylation sites (tertiary alicyclic amines) is 1. The summed E-state index contributed by atoms with van der Waals surface area (Å²) in [6.45, 7) is 4.08. The molecule has 1 aromatic carbocycles. The van der Waals surface area contributed by atoms with E-state index >= 15 is 0 Å². The Kier molecular flexibility index (Phi) is 5.50. The lowest BCUT2D eigenvalue weighted by Crippen LogP contribution is -2.49. The molecule has 1 unspecified atom stereocenters. The summed E-state index contributed by atoms with van der Waals surface area (Å²) in [6.07, 6.45) is 4.20. The zero-order chi connectivity index (χ0) is 15.4. The maximum Gasteiger partial charge on any atom is 0.237 e. The van der Waals surface area contributed by atoms with E-state index in [0.29, 0.717) is 6.04 Å². The van der Waals surface area contributed by atoms with E-state index in [1.165, 1.54) is 5.56 Å². The molecule has 1 atom stereocenters. The summed E-state index contributed by atoms with van der Waals surface area (Å²) < 4.78 is 1.12. The molecule has 4 nitrogen and oxygen atoms in total. The summed E-state index contributed by atoms with van der Waals surface area (Å²) in [5.41, 5.74) is 1.35. The highest BCUT2D eigenvalue weighted by Gasteiger charge is 2.26. The van der Waals surface area contributed by atoms with Crippen molar-refractivity contribution in [3.05, 3.63) is 34.3 Å². The van der Waals surface area contributed by atoms with Gasteiger partial charge in [-0.1, -0.05) is 28.1 Å². The number of carbonyl (C=O) groups is 1. The van der Waals surface area contributed by atoms with Crippen molar-refractivity contribution < 1.29 is 4.79 Å². The van der Waals surface area contributed by atoms with Crippen LogP contribution in [0.3, 0.4) is 0 Å². The topological polar surface area (TPSA) is 44.4 Å². The van der Waals surface area contributed by atoms with Gasteiger partial charge in [-0.25, -0.2) is 0 Å². The van der Waals surface area contributed by atoms with Crippen molar-refractivity contribution in [3.63, 3.8) is 0 Å². The van der Waals surface area contributed by atoms with Gasteiger partial charge in [0.2, 0.25) is 5.91 Å². The predicted molar refractivity (Wildman–Crippen MR) is 91.6 cm³/mol. The minimum absolute atomic E-state index is 0.0424. The average molecular weight is 366 g/mol. The molecule has 1 aromatic rings. The molecule has 5 heteroatoms. The van der Waals surface area contributed by atoms with Crippen molar-refractivity contribution in [1.82, 2.24) is 15.5 Å². The SMILES string of the molecule is O=C(NC1CCN(Cc2ccc(Br)cc2)CC1)C1CCCN1. The van der Waals surface area contributed by atoms with Crippen LogP contribution in [0.5, 0.6) is 0 Å². The number of nitrogens with zero attached hydrogens (tertiary/aromatic N) is 1. The molecule has 0 bridgehead atoms. The predicted octanol–water partition coefficient (Wildman–Crippen LogP) is 2.28. The van der Waals surface area contributed by atoms with Gasteiger partial charge in [0.15, 0.2) is 0 Å². The fraction of sp³-hybridized carbons (Fsp3) is 0.588. The van der Waals surface area contributed by atoms with Crippen LogP contribution in [0, 0.1) is 0 Å². The van der Waals surface area contributed by atoms with Gasteiger partial charge in [-0.3, -0.25) is 9.69 Å². The molecular formula is C17H24BrN3O. The minimum atomic E-state index is 0.0424. The lowest BCUT2D eigenvalue weighted by molar-refractivity contribution is -0.123. The highest BCUT2D eigenvalue weighted by Crippen LogP contribution is 2.16. The lowest BCUT2D eigenvalue weighted by atomic mass is 10.0. The van der Waals surface area contributed by atoms with Crippen LogP contribution in [0.1, 0.15) is 31.2 Å². The Morgan fingerprint density at radius 3 is 2.59 bits per heavy atom. The Labute approximate surface area is 140 Å². The van der Waals surface area contributed by atoms with E-state index < -0.39 is 0 Å². The Hall–Kier alpha value is -0.910. The second-order valence-electron chi connectivity index (χ2n) is 6.33. The second-order valence-corrected chi connectivity index (χ2v) is 7.25. The molecule has 0 aromatic heterocycles. The van der Waals surface area contributed by atoms with Gasteiger partial charge >= 0.3 is 0 Å². The molecule has 2 fully saturated rings. The highest BCUT2D eigenvalue weighted by atomic mass is 79.9. The standard InChI is InChI=1S/C17H24BrN3O/c18-14-5-3-13(4-6-14)12-21-10-7-15(8-11-21)20-17(22)16-2-1-9-19-16/h3-6,15-16,19H,1-2,7-12H2,(H,20,22). The quantitative estimate of drug-likeness (QED) is 0.860. The number of amides is 1. The monoisotopic (exact) mass is 365 g/mol. The minimum Gasteiger partial charge on any atom is -0.352 e. The fourth-order valence-electron chi connectivity index (χ4n) is 3.29. The third-order valence-corrected chi connectivity index (χ3v) is 5.16. The Balaban J connectivity index is 1.42. The van der Waals surface area contributed by atoms with Crippen LogP contribution in [0.15, 0.2) is 28.7 Å². The van der Waals surface area contributed by atoms with E-state index in [2.05, 4.69) is 55.7 Å². The van der Waals surface area contributed by atoms with E-state index in [-0.39, 0.29) is 11.9 Å². The molecule has 2 N–H and O–H groups in total. The summed E-state index contributed by atoms with van der Waals surface area (Å²) in [5.74, 6) is 0.198. The van der Waals surface area contributed by atoms with Crippen LogP contribution in [0.25, 0.3) is 0 Å². The van der Waals surface area contributed by atoms with Crippen LogP contribution in [0.4, 0.5) is 0 Å². The first kappa shape index (κ1) is 16.0. The van der Waals surface area contributed by atoms with Crippen LogP contribution in [0.2, 0.25) is 0 Å². The first-order valence-electron chi connectivity index (χ1n) is 8.21. The van der Waals surface area contributed by atoms with Crippen molar-refractivity contribution >= 4 is 21.8 Å². The van der Waals surface area contributed by atoms with Crippen molar-refractivity contribution in [3.8, 4) is 0 Å². The van der Waals surface area contributed by atoms with Crippen molar-refractivity contribution in [1.29, 1.82) is 0 Å². The summed E-state index contributed by atoms with van der Waals surface area (Å²) in [5, 5.41) is 6.48. The zero-order valence-electron chi connectivity index (χ0n) is 12.9. The van der Waals surface area contributed by atoms with Gasteiger partial charge in [-0.05, 0) is 49.9 Å². The Morgan fingerprint density at radius 2 is 1.95 bits per heavy atom. The maximum absolute atomic E-state index is 12.1. The zero-order valence-corrected chi connectivity index (χ0v) is 14.4. The molecule has 2 saturated heterocycles. The highest BCUT2D eigenvalue weighted by molar-refractivity contribution is 9.10. The van der Waals surface area contributed by atoms with Crippen molar-refractivity contribution in [2.75, 3.05) is 19.6 Å². The summed E-state index contributed by atoms with van der Waals surface area (Å²) in [6, 6.07) is 8.91. The molecule has 2 heterocycles. The molecule has 0 saturated carbocycles. The van der Waals surface area contributed by atoms with Gasteiger partial charge in [0.05, 0.1) is 6.04 Å². The van der Waals surface area contributed by atoms with E-state index in [1.54, 1.807) is 0 Å². The number of benzene rings is 1. The lowest BCUT2D eigenvalue weighted by Gasteiger charge is -2.32. The Morgan fingerprint density at radius 1 is 1.23 bits per heavy atom. The molecule has 2 aliphatic rings. The maximum atomic E-state index is 12.1.